The predicted octanol–water partition coefficient (Wildman–Crippen LogP) is 6.62. The number of benzene rings is 2. The van der Waals surface area contributed by atoms with Crippen molar-refractivity contribution >= 4 is 57.9 Å². The smallest absolute Gasteiger partial charge is 0.234 e. The molecule has 0 aliphatic carbocycles. The van der Waals surface area contributed by atoms with Gasteiger partial charge in [-0.25, -0.2) is 4.98 Å². The number of hydrogen-bond donors (Lipinski definition) is 1. The van der Waals surface area contributed by atoms with Gasteiger partial charge in [-0.2, -0.15) is 0 Å². The molecule has 0 atom stereocenters. The third-order valence-electron chi connectivity index (χ3n) is 4.48. The molecule has 0 spiro atoms. The molecule has 6 nitrogen and oxygen atoms in total. The first-order valence-electron chi connectivity index (χ1n) is 9.76. The van der Waals surface area contributed by atoms with Crippen molar-refractivity contribution < 1.29 is 9.53 Å². The number of aromatic nitrogens is 3. The summed E-state index contributed by atoms with van der Waals surface area (Å²) < 4.78 is 5.31. The molecule has 4 rings (SSSR count). The minimum atomic E-state index is -0.189. The highest BCUT2D eigenvalue weighted by atomic mass is 35.5. The maximum atomic E-state index is 12.2. The largest absolute Gasteiger partial charge is 0.497 e. The SMILES string of the molecule is COc1cccc(-c2nc(C)c(-c3ccc(SCC(=O)Nc4cc(Cl)cc(Cl)c4)nn3)s2)c1. The van der Waals surface area contributed by atoms with Crippen LogP contribution in [0.1, 0.15) is 5.69 Å². The van der Waals surface area contributed by atoms with Gasteiger partial charge in [0.1, 0.15) is 21.5 Å². The molecular formula is C23H18Cl2N4O2S2. The van der Waals surface area contributed by atoms with Crippen LogP contribution in [0.5, 0.6) is 5.75 Å². The van der Waals surface area contributed by atoms with Crippen LogP contribution in [0, 0.1) is 6.92 Å². The van der Waals surface area contributed by atoms with E-state index in [9.17, 15) is 4.79 Å². The maximum Gasteiger partial charge on any atom is 0.234 e. The van der Waals surface area contributed by atoms with Crippen molar-refractivity contribution in [3.05, 3.63) is 70.3 Å². The van der Waals surface area contributed by atoms with Gasteiger partial charge < -0.3 is 10.1 Å². The number of aryl methyl sites for hydroxylation is 1. The second-order valence-electron chi connectivity index (χ2n) is 6.92. The number of hydrogen-bond acceptors (Lipinski definition) is 7. The normalized spacial score (nSPS) is 10.8. The molecule has 0 saturated carbocycles. The fraction of sp³-hybridized carbons (Fsp3) is 0.130. The molecule has 168 valence electrons. The summed E-state index contributed by atoms with van der Waals surface area (Å²) in [5.74, 6) is 0.772. The highest BCUT2D eigenvalue weighted by Gasteiger charge is 2.14. The monoisotopic (exact) mass is 516 g/mol. The minimum absolute atomic E-state index is 0.178. The first-order valence-corrected chi connectivity index (χ1v) is 12.3. The van der Waals surface area contributed by atoms with E-state index in [2.05, 4.69) is 20.5 Å². The number of ether oxygens (including phenoxy) is 1. The molecular weight excluding hydrogens is 499 g/mol. The number of rotatable bonds is 7. The Bertz CT molecular complexity index is 1280. The van der Waals surface area contributed by atoms with E-state index < -0.39 is 0 Å². The lowest BCUT2D eigenvalue weighted by Crippen LogP contribution is -2.14. The molecule has 0 bridgehead atoms. The molecule has 33 heavy (non-hydrogen) atoms. The number of methoxy groups -OCH3 is 1. The number of amides is 1. The number of carbonyl (C=O) groups is 1. The zero-order valence-corrected chi connectivity index (χ0v) is 20.8. The Labute approximate surface area is 209 Å². The summed E-state index contributed by atoms with van der Waals surface area (Å²) in [7, 11) is 1.64. The molecule has 10 heteroatoms. The predicted molar refractivity (Wildman–Crippen MR) is 136 cm³/mol. The summed E-state index contributed by atoms with van der Waals surface area (Å²) in [6, 6.07) is 16.4. The van der Waals surface area contributed by atoms with E-state index in [1.165, 1.54) is 11.8 Å². The van der Waals surface area contributed by atoms with Crippen LogP contribution in [0.15, 0.2) is 59.6 Å². The molecule has 0 saturated heterocycles. The Hall–Kier alpha value is -2.65. The van der Waals surface area contributed by atoms with Gasteiger partial charge in [-0.05, 0) is 49.4 Å². The summed E-state index contributed by atoms with van der Waals surface area (Å²) >= 11 is 14.8. The lowest BCUT2D eigenvalue weighted by atomic mass is 10.2. The van der Waals surface area contributed by atoms with Gasteiger partial charge in [0.05, 0.1) is 23.4 Å². The number of thiazole rings is 1. The van der Waals surface area contributed by atoms with Crippen LogP contribution in [0.4, 0.5) is 5.69 Å². The van der Waals surface area contributed by atoms with Gasteiger partial charge in [0.15, 0.2) is 0 Å². The molecule has 0 aliphatic rings. The molecule has 2 heterocycles. The standard InChI is InChI=1S/C23H18Cl2N4O2S2/c1-13-22(33-23(26-13)14-4-3-5-18(8-14)31-2)19-6-7-21(29-28-19)32-12-20(30)27-17-10-15(24)9-16(25)11-17/h3-11H,12H2,1-2H3,(H,27,30). The van der Waals surface area contributed by atoms with Crippen molar-refractivity contribution in [3.63, 3.8) is 0 Å². The van der Waals surface area contributed by atoms with Crippen LogP contribution >= 0.6 is 46.3 Å². The van der Waals surface area contributed by atoms with Crippen LogP contribution in [-0.2, 0) is 4.79 Å². The summed E-state index contributed by atoms with van der Waals surface area (Å²) in [5.41, 5.74) is 3.15. The van der Waals surface area contributed by atoms with Gasteiger partial charge in [0.2, 0.25) is 5.91 Å². The van der Waals surface area contributed by atoms with Crippen LogP contribution in [0.3, 0.4) is 0 Å². The van der Waals surface area contributed by atoms with Crippen LogP contribution in [0.2, 0.25) is 10.0 Å². The van der Waals surface area contributed by atoms with Crippen LogP contribution < -0.4 is 10.1 Å². The lowest BCUT2D eigenvalue weighted by molar-refractivity contribution is -0.113. The first-order chi connectivity index (χ1) is 15.9. The third kappa shape index (κ3) is 6.03. The second-order valence-corrected chi connectivity index (χ2v) is 9.78. The summed E-state index contributed by atoms with van der Waals surface area (Å²) in [6.45, 7) is 1.95. The molecule has 1 amide bonds. The lowest BCUT2D eigenvalue weighted by Gasteiger charge is -2.06. The van der Waals surface area contributed by atoms with E-state index in [1.807, 2.05) is 43.3 Å². The third-order valence-corrected chi connectivity index (χ3v) is 7.07. The number of nitrogens with one attached hydrogen (secondary N) is 1. The summed E-state index contributed by atoms with van der Waals surface area (Å²) in [5, 5.41) is 13.8. The van der Waals surface area contributed by atoms with Gasteiger partial charge in [-0.1, -0.05) is 47.1 Å². The zero-order chi connectivity index (χ0) is 23.4. The van der Waals surface area contributed by atoms with Gasteiger partial charge in [0, 0.05) is 21.3 Å². The Kier molecular flexibility index (Phi) is 7.49. The highest BCUT2D eigenvalue weighted by Crippen LogP contribution is 2.35. The number of nitrogens with zero attached hydrogens (tertiary/aromatic N) is 3. The van der Waals surface area contributed by atoms with Crippen molar-refractivity contribution in [2.45, 2.75) is 11.9 Å². The molecule has 1 N–H and O–H groups in total. The fourth-order valence-electron chi connectivity index (χ4n) is 2.99. The Balaban J connectivity index is 1.41. The highest BCUT2D eigenvalue weighted by molar-refractivity contribution is 7.99. The van der Waals surface area contributed by atoms with E-state index in [1.54, 1.807) is 36.6 Å². The van der Waals surface area contributed by atoms with E-state index in [0.717, 1.165) is 32.6 Å². The number of anilines is 1. The molecule has 0 fully saturated rings. The molecule has 2 aromatic carbocycles. The average molecular weight is 517 g/mol. The van der Waals surface area contributed by atoms with Crippen LogP contribution in [0.25, 0.3) is 21.1 Å². The Morgan fingerprint density at radius 1 is 1.09 bits per heavy atom. The van der Waals surface area contributed by atoms with Crippen molar-refractivity contribution in [3.8, 4) is 26.9 Å². The topological polar surface area (TPSA) is 77.0 Å². The van der Waals surface area contributed by atoms with E-state index in [4.69, 9.17) is 27.9 Å². The molecule has 0 aliphatic heterocycles. The summed E-state index contributed by atoms with van der Waals surface area (Å²) in [6.07, 6.45) is 0. The van der Waals surface area contributed by atoms with Gasteiger partial charge >= 0.3 is 0 Å². The first kappa shape index (κ1) is 23.5. The maximum absolute atomic E-state index is 12.2. The average Bonchev–Trinajstić information content (AvgIpc) is 3.19. The Morgan fingerprint density at radius 3 is 2.58 bits per heavy atom. The van der Waals surface area contributed by atoms with Gasteiger partial charge in [-0.3, -0.25) is 4.79 Å². The summed E-state index contributed by atoms with van der Waals surface area (Å²) in [4.78, 5) is 17.9. The second kappa shape index (κ2) is 10.5. The van der Waals surface area contributed by atoms with Crippen LogP contribution in [-0.4, -0.2) is 34.0 Å². The van der Waals surface area contributed by atoms with Gasteiger partial charge in [0.25, 0.3) is 0 Å². The number of thioether (sulfide) groups is 1. The van der Waals surface area contributed by atoms with Crippen molar-refractivity contribution in [2.24, 2.45) is 0 Å². The minimum Gasteiger partial charge on any atom is -0.497 e. The molecule has 0 unspecified atom stereocenters. The quantitative estimate of drug-likeness (QED) is 0.278. The molecule has 0 radical (unpaired) electrons. The van der Waals surface area contributed by atoms with E-state index >= 15 is 0 Å². The zero-order valence-electron chi connectivity index (χ0n) is 17.6. The fourth-order valence-corrected chi connectivity index (χ4v) is 5.16. The van der Waals surface area contributed by atoms with Crippen molar-refractivity contribution in [1.29, 1.82) is 0 Å². The van der Waals surface area contributed by atoms with Crippen molar-refractivity contribution in [1.82, 2.24) is 15.2 Å². The molecule has 4 aromatic rings. The van der Waals surface area contributed by atoms with Crippen molar-refractivity contribution in [2.75, 3.05) is 18.2 Å². The number of halogens is 2. The Morgan fingerprint density at radius 2 is 1.88 bits per heavy atom. The molecule has 2 aromatic heterocycles. The van der Waals surface area contributed by atoms with E-state index in [0.29, 0.717) is 20.8 Å². The number of carbonyl (C=O) groups excluding carboxylic acids is 1. The van der Waals surface area contributed by atoms with E-state index in [-0.39, 0.29) is 11.7 Å². The van der Waals surface area contributed by atoms with Gasteiger partial charge in [-0.15, -0.1) is 21.5 Å².